The third kappa shape index (κ3) is 3.34. The van der Waals surface area contributed by atoms with Crippen LogP contribution in [0.25, 0.3) is 0 Å². The SMILES string of the molecule is Cc1cc(C(O)c2ccccc2)cc([Si](C)(C)C)c1. The van der Waals surface area contributed by atoms with E-state index in [9.17, 15) is 5.11 Å². The maximum absolute atomic E-state index is 10.5. The minimum atomic E-state index is -1.35. The van der Waals surface area contributed by atoms with Crippen LogP contribution in [0.1, 0.15) is 22.8 Å². The van der Waals surface area contributed by atoms with Gasteiger partial charge in [0.25, 0.3) is 0 Å². The molecule has 2 aromatic rings. The van der Waals surface area contributed by atoms with Crippen LogP contribution in [-0.4, -0.2) is 13.2 Å². The Hall–Kier alpha value is -1.38. The van der Waals surface area contributed by atoms with E-state index in [1.807, 2.05) is 30.3 Å². The Morgan fingerprint density at radius 1 is 0.895 bits per heavy atom. The number of rotatable bonds is 3. The minimum absolute atomic E-state index is 0.531. The zero-order valence-electron chi connectivity index (χ0n) is 12.1. The quantitative estimate of drug-likeness (QED) is 0.845. The maximum Gasteiger partial charge on any atom is 0.104 e. The van der Waals surface area contributed by atoms with Crippen LogP contribution in [0.4, 0.5) is 0 Å². The topological polar surface area (TPSA) is 20.2 Å². The monoisotopic (exact) mass is 270 g/mol. The first-order chi connectivity index (χ1) is 8.88. The Bertz CT molecular complexity index is 555. The molecular formula is C17H22OSi. The van der Waals surface area contributed by atoms with Crippen LogP contribution < -0.4 is 5.19 Å². The van der Waals surface area contributed by atoms with Crippen molar-refractivity contribution in [2.75, 3.05) is 0 Å². The second-order valence-electron chi connectivity index (χ2n) is 6.20. The average molecular weight is 270 g/mol. The Morgan fingerprint density at radius 2 is 1.53 bits per heavy atom. The summed E-state index contributed by atoms with van der Waals surface area (Å²) in [5, 5.41) is 11.9. The first-order valence-electron chi connectivity index (χ1n) is 6.73. The number of aryl methyl sites for hydroxylation is 1. The van der Waals surface area contributed by atoms with Gasteiger partial charge in [-0.25, -0.2) is 0 Å². The number of hydrogen-bond donors (Lipinski definition) is 1. The first-order valence-corrected chi connectivity index (χ1v) is 10.2. The van der Waals surface area contributed by atoms with E-state index in [4.69, 9.17) is 0 Å². The zero-order valence-corrected chi connectivity index (χ0v) is 13.1. The average Bonchev–Trinajstić information content (AvgIpc) is 2.37. The van der Waals surface area contributed by atoms with Gasteiger partial charge in [0.1, 0.15) is 6.10 Å². The summed E-state index contributed by atoms with van der Waals surface area (Å²) in [4.78, 5) is 0. The van der Waals surface area contributed by atoms with E-state index in [0.717, 1.165) is 11.1 Å². The van der Waals surface area contributed by atoms with Crippen LogP contribution in [0.2, 0.25) is 19.6 Å². The third-order valence-corrected chi connectivity index (χ3v) is 5.42. The summed E-state index contributed by atoms with van der Waals surface area (Å²) < 4.78 is 0. The molecule has 1 N–H and O–H groups in total. The molecule has 2 aromatic carbocycles. The lowest BCUT2D eigenvalue weighted by molar-refractivity contribution is 0.220. The second kappa shape index (κ2) is 5.31. The number of hydrogen-bond acceptors (Lipinski definition) is 1. The fourth-order valence-electron chi connectivity index (χ4n) is 2.23. The van der Waals surface area contributed by atoms with Gasteiger partial charge in [-0.15, -0.1) is 0 Å². The summed E-state index contributed by atoms with van der Waals surface area (Å²) in [6.45, 7) is 9.10. The molecular weight excluding hydrogens is 248 g/mol. The normalized spacial score (nSPS) is 13.3. The molecule has 1 unspecified atom stereocenters. The molecule has 0 radical (unpaired) electrons. The van der Waals surface area contributed by atoms with Crippen LogP contribution in [0.15, 0.2) is 48.5 Å². The minimum Gasteiger partial charge on any atom is -0.384 e. The van der Waals surface area contributed by atoms with Crippen molar-refractivity contribution in [2.24, 2.45) is 0 Å². The molecule has 2 rings (SSSR count). The summed E-state index contributed by atoms with van der Waals surface area (Å²) in [5.41, 5.74) is 3.18. The molecule has 0 aliphatic heterocycles. The molecule has 0 aromatic heterocycles. The van der Waals surface area contributed by atoms with E-state index >= 15 is 0 Å². The molecule has 0 aliphatic carbocycles. The van der Waals surface area contributed by atoms with E-state index in [1.165, 1.54) is 10.8 Å². The van der Waals surface area contributed by atoms with Crippen molar-refractivity contribution < 1.29 is 5.11 Å². The predicted molar refractivity (Wildman–Crippen MR) is 84.7 cm³/mol. The van der Waals surface area contributed by atoms with Crippen molar-refractivity contribution in [3.05, 3.63) is 65.2 Å². The molecule has 100 valence electrons. The fourth-order valence-corrected chi connectivity index (χ4v) is 3.49. The Balaban J connectivity index is 2.43. The van der Waals surface area contributed by atoms with Gasteiger partial charge in [0.05, 0.1) is 8.07 Å². The van der Waals surface area contributed by atoms with Crippen molar-refractivity contribution in [1.82, 2.24) is 0 Å². The van der Waals surface area contributed by atoms with Gasteiger partial charge in [-0.3, -0.25) is 0 Å². The van der Waals surface area contributed by atoms with Crippen molar-refractivity contribution in [2.45, 2.75) is 32.7 Å². The van der Waals surface area contributed by atoms with E-state index in [-0.39, 0.29) is 0 Å². The highest BCUT2D eigenvalue weighted by atomic mass is 28.3. The molecule has 0 spiro atoms. The molecule has 1 atom stereocenters. The first kappa shape index (κ1) is 14.0. The zero-order chi connectivity index (χ0) is 14.0. The molecule has 0 fully saturated rings. The number of aliphatic hydroxyl groups excluding tert-OH is 1. The summed E-state index contributed by atoms with van der Waals surface area (Å²) in [6.07, 6.45) is -0.531. The molecule has 0 saturated heterocycles. The Labute approximate surface area is 116 Å². The van der Waals surface area contributed by atoms with Crippen LogP contribution in [0, 0.1) is 6.92 Å². The summed E-state index contributed by atoms with van der Waals surface area (Å²) in [7, 11) is -1.35. The summed E-state index contributed by atoms with van der Waals surface area (Å²) in [5.74, 6) is 0. The van der Waals surface area contributed by atoms with Crippen molar-refractivity contribution >= 4 is 13.3 Å². The lowest BCUT2D eigenvalue weighted by Gasteiger charge is -2.20. The van der Waals surface area contributed by atoms with E-state index in [0.29, 0.717) is 0 Å². The largest absolute Gasteiger partial charge is 0.384 e. The molecule has 0 bridgehead atoms. The van der Waals surface area contributed by atoms with Gasteiger partial charge in [-0.1, -0.05) is 78.9 Å². The standard InChI is InChI=1S/C17H22OSi/c1-13-10-15(12-16(11-13)19(2,3)4)17(18)14-8-6-5-7-9-14/h5-12,17-18H,1-4H3. The molecule has 0 saturated carbocycles. The van der Waals surface area contributed by atoms with Crippen molar-refractivity contribution in [3.8, 4) is 0 Å². The van der Waals surface area contributed by atoms with Crippen LogP contribution in [0.5, 0.6) is 0 Å². The smallest absolute Gasteiger partial charge is 0.104 e. The van der Waals surface area contributed by atoms with Gasteiger partial charge < -0.3 is 5.11 Å². The van der Waals surface area contributed by atoms with Crippen molar-refractivity contribution in [1.29, 1.82) is 0 Å². The second-order valence-corrected chi connectivity index (χ2v) is 11.3. The maximum atomic E-state index is 10.5. The Kier molecular flexibility index (Phi) is 3.93. The van der Waals surface area contributed by atoms with Gasteiger partial charge in [-0.05, 0) is 18.1 Å². The Morgan fingerprint density at radius 3 is 2.11 bits per heavy atom. The highest BCUT2D eigenvalue weighted by Crippen LogP contribution is 2.22. The van der Waals surface area contributed by atoms with Gasteiger partial charge in [0, 0.05) is 0 Å². The van der Waals surface area contributed by atoms with Crippen LogP contribution in [0.3, 0.4) is 0 Å². The van der Waals surface area contributed by atoms with Crippen LogP contribution >= 0.6 is 0 Å². The molecule has 0 aliphatic rings. The summed E-state index contributed by atoms with van der Waals surface area (Å²) in [6, 6.07) is 16.4. The number of benzene rings is 2. The van der Waals surface area contributed by atoms with E-state index in [2.05, 4.69) is 44.8 Å². The van der Waals surface area contributed by atoms with Gasteiger partial charge in [-0.2, -0.15) is 0 Å². The molecule has 2 heteroatoms. The van der Waals surface area contributed by atoms with Crippen molar-refractivity contribution in [3.63, 3.8) is 0 Å². The fraction of sp³-hybridized carbons (Fsp3) is 0.294. The van der Waals surface area contributed by atoms with Gasteiger partial charge in [0.2, 0.25) is 0 Å². The van der Waals surface area contributed by atoms with E-state index < -0.39 is 14.2 Å². The number of aliphatic hydroxyl groups is 1. The molecule has 0 amide bonds. The highest BCUT2D eigenvalue weighted by Gasteiger charge is 2.19. The highest BCUT2D eigenvalue weighted by molar-refractivity contribution is 6.88. The van der Waals surface area contributed by atoms with Gasteiger partial charge in [0.15, 0.2) is 0 Å². The summed E-state index contributed by atoms with van der Waals surface area (Å²) >= 11 is 0. The molecule has 19 heavy (non-hydrogen) atoms. The van der Waals surface area contributed by atoms with Crippen LogP contribution in [-0.2, 0) is 0 Å². The third-order valence-electron chi connectivity index (χ3n) is 3.40. The predicted octanol–water partition coefficient (Wildman–Crippen LogP) is 3.62. The van der Waals surface area contributed by atoms with E-state index in [1.54, 1.807) is 0 Å². The molecule has 1 nitrogen and oxygen atoms in total. The van der Waals surface area contributed by atoms with Gasteiger partial charge >= 0.3 is 0 Å². The molecule has 0 heterocycles. The lowest BCUT2D eigenvalue weighted by atomic mass is 10.0. The lowest BCUT2D eigenvalue weighted by Crippen LogP contribution is -2.38.